The topological polar surface area (TPSA) is 73.6 Å². The zero-order valence-electron chi connectivity index (χ0n) is 11.0. The molecule has 5 nitrogen and oxygen atoms in total. The van der Waals surface area contributed by atoms with Crippen molar-refractivity contribution in [2.24, 2.45) is 5.73 Å². The minimum atomic E-state index is -0.371. The van der Waals surface area contributed by atoms with Crippen LogP contribution in [0.2, 0.25) is 0 Å². The summed E-state index contributed by atoms with van der Waals surface area (Å²) in [7, 11) is 1.64. The lowest BCUT2D eigenvalue weighted by Gasteiger charge is -2.11. The molecule has 0 aliphatic heterocycles. The van der Waals surface area contributed by atoms with Crippen LogP contribution < -0.4 is 11.1 Å². The molecule has 102 valence electrons. The third-order valence-corrected chi connectivity index (χ3v) is 2.40. The predicted octanol–water partition coefficient (Wildman–Crippen LogP) is 0.673. The Morgan fingerprint density at radius 2 is 2.06 bits per heavy atom. The first-order valence-electron chi connectivity index (χ1n) is 6.32. The fraction of sp³-hybridized carbons (Fsp3) is 0.917. The van der Waals surface area contributed by atoms with Crippen LogP contribution in [-0.2, 0) is 14.3 Å². The van der Waals surface area contributed by atoms with Crippen molar-refractivity contribution in [2.45, 2.75) is 38.6 Å². The fourth-order valence-corrected chi connectivity index (χ4v) is 1.32. The van der Waals surface area contributed by atoms with Gasteiger partial charge in [0, 0.05) is 20.3 Å². The molecule has 0 unspecified atom stereocenters. The van der Waals surface area contributed by atoms with E-state index in [0.717, 1.165) is 25.7 Å². The predicted molar refractivity (Wildman–Crippen MR) is 67.8 cm³/mol. The summed E-state index contributed by atoms with van der Waals surface area (Å²) < 4.78 is 10.1. The average Bonchev–Trinajstić information content (AvgIpc) is 2.34. The smallest absolute Gasteiger partial charge is 0.236 e. The van der Waals surface area contributed by atoms with Gasteiger partial charge in [-0.05, 0) is 12.8 Å². The second-order valence-electron chi connectivity index (χ2n) is 4.00. The molecule has 0 aromatic rings. The second-order valence-corrected chi connectivity index (χ2v) is 4.00. The van der Waals surface area contributed by atoms with Crippen molar-refractivity contribution in [3.05, 3.63) is 0 Å². The van der Waals surface area contributed by atoms with Crippen LogP contribution in [0.4, 0.5) is 0 Å². The molecule has 1 amide bonds. The summed E-state index contributed by atoms with van der Waals surface area (Å²) in [6, 6.07) is -0.371. The van der Waals surface area contributed by atoms with E-state index in [9.17, 15) is 4.79 Å². The highest BCUT2D eigenvalue weighted by Crippen LogP contribution is 1.97. The Balaban J connectivity index is 3.32. The van der Waals surface area contributed by atoms with Crippen molar-refractivity contribution in [2.75, 3.05) is 33.5 Å². The first-order chi connectivity index (χ1) is 8.22. The number of ether oxygens (including phenoxy) is 2. The zero-order valence-corrected chi connectivity index (χ0v) is 11.0. The quantitative estimate of drug-likeness (QED) is 0.526. The van der Waals surface area contributed by atoms with Gasteiger partial charge in [0.1, 0.15) is 0 Å². The number of hydrogen-bond acceptors (Lipinski definition) is 4. The van der Waals surface area contributed by atoms with Crippen LogP contribution in [0.25, 0.3) is 0 Å². The number of hydrogen-bond donors (Lipinski definition) is 2. The fourth-order valence-electron chi connectivity index (χ4n) is 1.32. The molecular weight excluding hydrogens is 220 g/mol. The Labute approximate surface area is 104 Å². The number of rotatable bonds is 11. The standard InChI is InChI=1S/C12H26N2O3/c1-3-4-6-11(13)12(15)14-7-5-8-17-10-9-16-2/h11H,3-10,13H2,1-2H3,(H,14,15)/t11-/m0/s1. The number of nitrogens with two attached hydrogens (primary N) is 1. The molecule has 0 aliphatic rings. The summed E-state index contributed by atoms with van der Waals surface area (Å²) in [4.78, 5) is 11.5. The Morgan fingerprint density at radius 1 is 1.29 bits per heavy atom. The minimum absolute atomic E-state index is 0.0599. The Morgan fingerprint density at radius 3 is 2.71 bits per heavy atom. The molecule has 5 heteroatoms. The van der Waals surface area contributed by atoms with E-state index in [1.165, 1.54) is 0 Å². The lowest BCUT2D eigenvalue weighted by molar-refractivity contribution is -0.122. The normalized spacial score (nSPS) is 12.4. The SMILES string of the molecule is CCCC[C@H](N)C(=O)NCCCOCCOC. The summed E-state index contributed by atoms with van der Waals surface area (Å²) in [6.45, 7) is 4.54. The molecule has 0 fully saturated rings. The van der Waals surface area contributed by atoms with Crippen LogP contribution in [0.1, 0.15) is 32.6 Å². The highest BCUT2D eigenvalue weighted by molar-refractivity contribution is 5.81. The molecule has 0 aliphatic carbocycles. The molecule has 17 heavy (non-hydrogen) atoms. The molecule has 1 atom stereocenters. The van der Waals surface area contributed by atoms with E-state index in [2.05, 4.69) is 12.2 Å². The third kappa shape index (κ3) is 10.2. The molecule has 0 rings (SSSR count). The van der Waals surface area contributed by atoms with E-state index in [4.69, 9.17) is 15.2 Å². The van der Waals surface area contributed by atoms with Crippen LogP contribution in [-0.4, -0.2) is 45.4 Å². The van der Waals surface area contributed by atoms with Crippen LogP contribution >= 0.6 is 0 Å². The van der Waals surface area contributed by atoms with E-state index >= 15 is 0 Å². The summed E-state index contributed by atoms with van der Waals surface area (Å²) in [5, 5.41) is 2.81. The molecule has 0 aromatic carbocycles. The molecule has 0 bridgehead atoms. The minimum Gasteiger partial charge on any atom is -0.382 e. The van der Waals surface area contributed by atoms with E-state index in [1.54, 1.807) is 7.11 Å². The van der Waals surface area contributed by atoms with Gasteiger partial charge in [0.05, 0.1) is 19.3 Å². The maximum Gasteiger partial charge on any atom is 0.236 e. The van der Waals surface area contributed by atoms with Gasteiger partial charge >= 0.3 is 0 Å². The van der Waals surface area contributed by atoms with Crippen LogP contribution in [0, 0.1) is 0 Å². The van der Waals surface area contributed by atoms with Crippen molar-refractivity contribution in [1.82, 2.24) is 5.32 Å². The number of methoxy groups -OCH3 is 1. The van der Waals surface area contributed by atoms with Crippen LogP contribution in [0.5, 0.6) is 0 Å². The monoisotopic (exact) mass is 246 g/mol. The van der Waals surface area contributed by atoms with Crippen LogP contribution in [0.15, 0.2) is 0 Å². The van der Waals surface area contributed by atoms with Gasteiger partial charge in [0.2, 0.25) is 5.91 Å². The molecule has 0 saturated heterocycles. The maximum absolute atomic E-state index is 11.5. The van der Waals surface area contributed by atoms with E-state index in [0.29, 0.717) is 26.4 Å². The van der Waals surface area contributed by atoms with E-state index in [-0.39, 0.29) is 11.9 Å². The molecule has 3 N–H and O–H groups in total. The Hall–Kier alpha value is -0.650. The lowest BCUT2D eigenvalue weighted by atomic mass is 10.1. The number of carbonyl (C=O) groups is 1. The van der Waals surface area contributed by atoms with Crippen LogP contribution in [0.3, 0.4) is 0 Å². The van der Waals surface area contributed by atoms with Gasteiger partial charge in [0.15, 0.2) is 0 Å². The van der Waals surface area contributed by atoms with Gasteiger partial charge in [0.25, 0.3) is 0 Å². The van der Waals surface area contributed by atoms with Gasteiger partial charge in [-0.3, -0.25) is 4.79 Å². The molecule has 0 aromatic heterocycles. The maximum atomic E-state index is 11.5. The molecule has 0 radical (unpaired) electrons. The van der Waals surface area contributed by atoms with Crippen molar-refractivity contribution in [3.8, 4) is 0 Å². The summed E-state index contributed by atoms with van der Waals surface area (Å²) in [5.41, 5.74) is 5.72. The van der Waals surface area contributed by atoms with Crippen molar-refractivity contribution >= 4 is 5.91 Å². The number of amides is 1. The molecular formula is C12H26N2O3. The van der Waals surface area contributed by atoms with Gasteiger partial charge in [-0.15, -0.1) is 0 Å². The van der Waals surface area contributed by atoms with Gasteiger partial charge in [-0.2, -0.15) is 0 Å². The molecule has 0 spiro atoms. The molecule has 0 heterocycles. The summed E-state index contributed by atoms with van der Waals surface area (Å²) in [5.74, 6) is -0.0599. The first kappa shape index (κ1) is 16.4. The largest absolute Gasteiger partial charge is 0.382 e. The van der Waals surface area contributed by atoms with E-state index in [1.807, 2.05) is 0 Å². The average molecular weight is 246 g/mol. The zero-order chi connectivity index (χ0) is 12.9. The van der Waals surface area contributed by atoms with Crippen molar-refractivity contribution in [3.63, 3.8) is 0 Å². The van der Waals surface area contributed by atoms with Gasteiger partial charge in [-0.25, -0.2) is 0 Å². The second kappa shape index (κ2) is 11.8. The van der Waals surface area contributed by atoms with Gasteiger partial charge in [-0.1, -0.05) is 19.8 Å². The van der Waals surface area contributed by atoms with Gasteiger partial charge < -0.3 is 20.5 Å². The third-order valence-electron chi connectivity index (χ3n) is 2.40. The summed E-state index contributed by atoms with van der Waals surface area (Å²) in [6.07, 6.45) is 3.62. The van der Waals surface area contributed by atoms with E-state index < -0.39 is 0 Å². The number of carbonyl (C=O) groups excluding carboxylic acids is 1. The number of unbranched alkanes of at least 4 members (excludes halogenated alkanes) is 1. The summed E-state index contributed by atoms with van der Waals surface area (Å²) >= 11 is 0. The van der Waals surface area contributed by atoms with Crippen molar-refractivity contribution < 1.29 is 14.3 Å². The highest BCUT2D eigenvalue weighted by Gasteiger charge is 2.11. The highest BCUT2D eigenvalue weighted by atomic mass is 16.5. The number of nitrogens with one attached hydrogen (secondary N) is 1. The van der Waals surface area contributed by atoms with Crippen molar-refractivity contribution in [1.29, 1.82) is 0 Å². The lowest BCUT2D eigenvalue weighted by Crippen LogP contribution is -2.41. The first-order valence-corrected chi connectivity index (χ1v) is 6.32. The Kier molecular flexibility index (Phi) is 11.4. The molecule has 0 saturated carbocycles. The Bertz CT molecular complexity index is 189.